The number of ether oxygens (including phenoxy) is 1. The second-order valence-electron chi connectivity index (χ2n) is 9.19. The van der Waals surface area contributed by atoms with Crippen molar-refractivity contribution in [2.24, 2.45) is 5.92 Å². The van der Waals surface area contributed by atoms with Crippen LogP contribution in [0.2, 0.25) is 0 Å². The van der Waals surface area contributed by atoms with Crippen LogP contribution in [-0.2, 0) is 4.74 Å². The molecule has 0 atom stereocenters. The van der Waals surface area contributed by atoms with Crippen LogP contribution in [0.4, 0.5) is 10.5 Å². The van der Waals surface area contributed by atoms with Crippen molar-refractivity contribution >= 4 is 11.8 Å². The number of para-hydroxylation sites is 1. The van der Waals surface area contributed by atoms with Gasteiger partial charge in [0.2, 0.25) is 0 Å². The maximum Gasteiger partial charge on any atom is 0.414 e. The quantitative estimate of drug-likeness (QED) is 0.317. The molecule has 4 nitrogen and oxygen atoms in total. The first kappa shape index (κ1) is 22.1. The van der Waals surface area contributed by atoms with E-state index >= 15 is 0 Å². The second-order valence-corrected chi connectivity index (χ2v) is 9.19. The first-order valence-electron chi connectivity index (χ1n) is 12.1. The Balaban J connectivity index is 1.27. The second kappa shape index (κ2) is 11.6. The van der Waals surface area contributed by atoms with E-state index in [9.17, 15) is 4.79 Å². The van der Waals surface area contributed by atoms with Gasteiger partial charge >= 0.3 is 6.09 Å². The predicted molar refractivity (Wildman–Crippen MR) is 120 cm³/mol. The Morgan fingerprint density at radius 2 is 1.62 bits per heavy atom. The summed E-state index contributed by atoms with van der Waals surface area (Å²) >= 11 is 0. The molecule has 3 aliphatic heterocycles. The highest BCUT2D eigenvalue weighted by Gasteiger charge is 2.38. The van der Waals surface area contributed by atoms with Crippen LogP contribution in [0.1, 0.15) is 71.1 Å². The minimum atomic E-state index is -0.200. The van der Waals surface area contributed by atoms with E-state index in [1.165, 1.54) is 69.2 Å². The molecule has 1 amide bonds. The Morgan fingerprint density at radius 1 is 0.966 bits per heavy atom. The third-order valence-corrected chi connectivity index (χ3v) is 7.06. The van der Waals surface area contributed by atoms with E-state index < -0.39 is 0 Å². The Morgan fingerprint density at radius 3 is 2.31 bits per heavy atom. The van der Waals surface area contributed by atoms with E-state index in [0.717, 1.165) is 43.8 Å². The van der Waals surface area contributed by atoms with Crippen LogP contribution in [0.15, 0.2) is 30.3 Å². The van der Waals surface area contributed by atoms with Crippen molar-refractivity contribution in [3.8, 4) is 0 Å². The molecule has 3 saturated heterocycles. The third kappa shape index (κ3) is 6.74. The number of hydrogen-bond acceptors (Lipinski definition) is 2. The van der Waals surface area contributed by atoms with E-state index in [2.05, 4.69) is 6.92 Å². The summed E-state index contributed by atoms with van der Waals surface area (Å²) in [6, 6.07) is 9.88. The molecule has 1 aromatic carbocycles. The van der Waals surface area contributed by atoms with Gasteiger partial charge in [-0.2, -0.15) is 0 Å². The molecule has 0 spiro atoms. The van der Waals surface area contributed by atoms with Gasteiger partial charge in [-0.1, -0.05) is 44.4 Å². The lowest BCUT2D eigenvalue weighted by Gasteiger charge is -2.49. The lowest BCUT2D eigenvalue weighted by atomic mass is 9.85. The molecule has 0 unspecified atom stereocenters. The summed E-state index contributed by atoms with van der Waals surface area (Å²) in [6.07, 6.45) is 12.4. The van der Waals surface area contributed by atoms with E-state index in [1.54, 1.807) is 4.90 Å². The topological polar surface area (TPSA) is 29.5 Å². The van der Waals surface area contributed by atoms with Crippen LogP contribution >= 0.6 is 0 Å². The van der Waals surface area contributed by atoms with Gasteiger partial charge in [0, 0.05) is 12.2 Å². The molecule has 29 heavy (non-hydrogen) atoms. The Labute approximate surface area is 177 Å². The fraction of sp³-hybridized carbons (Fsp3) is 0.720. The van der Waals surface area contributed by atoms with Gasteiger partial charge in [-0.25, -0.2) is 4.79 Å². The van der Waals surface area contributed by atoms with Crippen LogP contribution in [0.3, 0.4) is 0 Å². The lowest BCUT2D eigenvalue weighted by Crippen LogP contribution is -2.58. The third-order valence-electron chi connectivity index (χ3n) is 7.06. The first-order chi connectivity index (χ1) is 14.2. The number of hydrogen-bond donors (Lipinski definition) is 0. The number of unbranched alkanes of at least 4 members (excludes halogenated alkanes) is 5. The van der Waals surface area contributed by atoms with Gasteiger partial charge in [0.25, 0.3) is 0 Å². The molecule has 0 saturated carbocycles. The normalized spacial score (nSPS) is 23.1. The molecule has 162 valence electrons. The summed E-state index contributed by atoms with van der Waals surface area (Å²) < 4.78 is 7.00. The highest BCUT2D eigenvalue weighted by Crippen LogP contribution is 2.33. The summed E-state index contributed by atoms with van der Waals surface area (Å²) in [7, 11) is 0. The van der Waals surface area contributed by atoms with Gasteiger partial charge < -0.3 is 9.22 Å². The van der Waals surface area contributed by atoms with E-state index in [1.807, 2.05) is 30.3 Å². The molecule has 3 fully saturated rings. The predicted octanol–water partition coefficient (Wildman–Crippen LogP) is 6.01. The maximum absolute atomic E-state index is 12.5. The Bertz CT molecular complexity index is 582. The highest BCUT2D eigenvalue weighted by molar-refractivity contribution is 5.87. The van der Waals surface area contributed by atoms with Gasteiger partial charge in [0.1, 0.15) is 0 Å². The molecule has 2 bridgehead atoms. The molecule has 0 aromatic heterocycles. The Hall–Kier alpha value is -1.55. The van der Waals surface area contributed by atoms with Crippen LogP contribution in [-0.4, -0.2) is 49.9 Å². The standard InChI is InChI=1S/C25H41N2O2/c1-2-3-17-26(24-12-8-7-9-13-24)25(28)29-22-11-6-4-5-10-18-27-19-14-23(15-20-27)16-21-27/h7-9,12-13,23H,2-6,10-11,14-22H2,1H3/q+1. The summed E-state index contributed by atoms with van der Waals surface area (Å²) in [4.78, 5) is 14.3. The number of anilines is 1. The van der Waals surface area contributed by atoms with Crippen LogP contribution < -0.4 is 4.90 Å². The van der Waals surface area contributed by atoms with Crippen molar-refractivity contribution in [1.29, 1.82) is 0 Å². The molecule has 3 heterocycles. The van der Waals surface area contributed by atoms with Crippen LogP contribution in [0.25, 0.3) is 0 Å². The number of rotatable bonds is 12. The number of benzene rings is 1. The van der Waals surface area contributed by atoms with Crippen molar-refractivity contribution in [2.75, 3.05) is 44.2 Å². The average molecular weight is 402 g/mol. The summed E-state index contributed by atoms with van der Waals surface area (Å²) in [5, 5.41) is 0. The average Bonchev–Trinajstić information content (AvgIpc) is 2.78. The molecule has 0 aliphatic carbocycles. The molecule has 4 heteroatoms. The van der Waals surface area contributed by atoms with E-state index in [4.69, 9.17) is 4.74 Å². The number of quaternary nitrogens is 1. The number of carbonyl (C=O) groups is 1. The molecular formula is C25H41N2O2+. The highest BCUT2D eigenvalue weighted by atomic mass is 16.6. The molecule has 0 radical (unpaired) electrons. The van der Waals surface area contributed by atoms with Crippen LogP contribution in [0.5, 0.6) is 0 Å². The first-order valence-corrected chi connectivity index (χ1v) is 12.1. The Kier molecular flexibility index (Phi) is 8.85. The minimum Gasteiger partial charge on any atom is -0.449 e. The van der Waals surface area contributed by atoms with Crippen molar-refractivity contribution in [3.05, 3.63) is 30.3 Å². The fourth-order valence-corrected chi connectivity index (χ4v) is 5.04. The van der Waals surface area contributed by atoms with Crippen LogP contribution in [0, 0.1) is 5.92 Å². The summed E-state index contributed by atoms with van der Waals surface area (Å²) in [5.41, 5.74) is 0.931. The molecule has 3 aliphatic rings. The number of piperidine rings is 3. The van der Waals surface area contributed by atoms with Gasteiger partial charge in [-0.3, -0.25) is 4.90 Å². The fourth-order valence-electron chi connectivity index (χ4n) is 5.04. The van der Waals surface area contributed by atoms with E-state index in [0.29, 0.717) is 6.61 Å². The zero-order chi connectivity index (χ0) is 20.4. The molecule has 0 N–H and O–H groups in total. The summed E-state index contributed by atoms with van der Waals surface area (Å²) in [6.45, 7) is 9.12. The minimum absolute atomic E-state index is 0.200. The van der Waals surface area contributed by atoms with Crippen molar-refractivity contribution < 1.29 is 14.0 Å². The number of fused-ring (bicyclic) bond motifs is 3. The smallest absolute Gasteiger partial charge is 0.414 e. The molecular weight excluding hydrogens is 360 g/mol. The van der Waals surface area contributed by atoms with Gasteiger partial charge in [0.15, 0.2) is 0 Å². The zero-order valence-electron chi connectivity index (χ0n) is 18.5. The van der Waals surface area contributed by atoms with Gasteiger partial charge in [-0.05, 0) is 63.0 Å². The number of amides is 1. The van der Waals surface area contributed by atoms with E-state index in [-0.39, 0.29) is 6.09 Å². The SMILES string of the molecule is CCCCN(C(=O)OCCCCCCC[N+]12CCC(CC1)CC2)c1ccccc1. The number of carbonyl (C=O) groups excluding carboxylic acids is 1. The van der Waals surface area contributed by atoms with Crippen molar-refractivity contribution in [3.63, 3.8) is 0 Å². The number of nitrogens with zero attached hydrogens (tertiary/aromatic N) is 2. The largest absolute Gasteiger partial charge is 0.449 e. The lowest BCUT2D eigenvalue weighted by molar-refractivity contribution is -0.942. The zero-order valence-corrected chi connectivity index (χ0v) is 18.5. The van der Waals surface area contributed by atoms with Crippen molar-refractivity contribution in [1.82, 2.24) is 0 Å². The summed E-state index contributed by atoms with van der Waals surface area (Å²) in [5.74, 6) is 1.05. The van der Waals surface area contributed by atoms with Crippen molar-refractivity contribution in [2.45, 2.75) is 71.1 Å². The van der Waals surface area contributed by atoms with Gasteiger partial charge in [-0.15, -0.1) is 0 Å². The molecule has 4 rings (SSSR count). The van der Waals surface area contributed by atoms with Gasteiger partial charge in [0.05, 0.1) is 32.8 Å². The molecule has 1 aromatic rings. The maximum atomic E-state index is 12.5. The monoisotopic (exact) mass is 401 g/mol.